The first-order chi connectivity index (χ1) is 13.6. The third kappa shape index (κ3) is 3.74. The molecule has 29 heavy (non-hydrogen) atoms. The van der Waals surface area contributed by atoms with E-state index in [4.69, 9.17) is 0 Å². The number of ether oxygens (including phenoxy) is 1. The molecule has 0 atom stereocenters. The highest BCUT2D eigenvalue weighted by atomic mass is 19.4. The van der Waals surface area contributed by atoms with Gasteiger partial charge in [-0.3, -0.25) is 20.3 Å². The zero-order valence-electron chi connectivity index (χ0n) is 14.7. The molecule has 1 N–H and O–H groups in total. The fraction of sp³-hybridized carbons (Fsp3) is 0.111. The van der Waals surface area contributed by atoms with Gasteiger partial charge < -0.3 is 4.74 Å². The van der Waals surface area contributed by atoms with Crippen molar-refractivity contribution < 1.29 is 27.6 Å². The van der Waals surface area contributed by atoms with Gasteiger partial charge in [-0.2, -0.15) is 13.2 Å². The maximum Gasteiger partial charge on any atom is 0.416 e. The third-order valence-corrected chi connectivity index (χ3v) is 4.09. The summed E-state index contributed by atoms with van der Waals surface area (Å²) in [4.78, 5) is 35.0. The summed E-state index contributed by atoms with van der Waals surface area (Å²) in [5.74, 6) is -0.765. The van der Waals surface area contributed by atoms with Crippen LogP contribution in [0.4, 0.5) is 24.5 Å². The van der Waals surface area contributed by atoms with Crippen LogP contribution in [0.2, 0.25) is 0 Å². The van der Waals surface area contributed by atoms with Gasteiger partial charge in [0.2, 0.25) is 0 Å². The maximum atomic E-state index is 12.9. The predicted molar refractivity (Wildman–Crippen MR) is 96.7 cm³/mol. The van der Waals surface area contributed by atoms with E-state index in [9.17, 15) is 32.9 Å². The summed E-state index contributed by atoms with van der Waals surface area (Å²) in [6.07, 6.45) is -3.71. The Hall–Kier alpha value is -3.89. The highest BCUT2D eigenvalue weighted by Crippen LogP contribution is 2.35. The van der Waals surface area contributed by atoms with Crippen molar-refractivity contribution in [1.82, 2.24) is 4.68 Å². The number of esters is 1. The highest BCUT2D eigenvalue weighted by molar-refractivity contribution is 6.03. The number of hydrogen-bond acceptors (Lipinski definition) is 6. The van der Waals surface area contributed by atoms with Crippen molar-refractivity contribution in [1.29, 1.82) is 0 Å². The SMILES string of the molecule is COC(=O)c1cn(Nc2ccc(C(F)(F)F)cc2[N+](=O)[O-])c(=O)c2ccccc12. The smallest absolute Gasteiger partial charge is 0.416 e. The van der Waals surface area contributed by atoms with E-state index in [2.05, 4.69) is 10.2 Å². The largest absolute Gasteiger partial charge is 0.465 e. The molecule has 0 bridgehead atoms. The minimum atomic E-state index is -4.78. The first-order valence-corrected chi connectivity index (χ1v) is 7.99. The zero-order valence-corrected chi connectivity index (χ0v) is 14.7. The van der Waals surface area contributed by atoms with Crippen LogP contribution in [-0.4, -0.2) is 22.7 Å². The lowest BCUT2D eigenvalue weighted by Gasteiger charge is -2.14. The predicted octanol–water partition coefficient (Wildman–Crippen LogP) is 3.59. The summed E-state index contributed by atoms with van der Waals surface area (Å²) in [5, 5.41) is 11.7. The van der Waals surface area contributed by atoms with Gasteiger partial charge in [0.15, 0.2) is 0 Å². The number of nitro benzene ring substituents is 1. The number of benzene rings is 2. The number of nitro groups is 1. The Morgan fingerprint density at radius 1 is 1.17 bits per heavy atom. The molecule has 150 valence electrons. The number of carbonyl (C=O) groups is 1. The van der Waals surface area contributed by atoms with Crippen LogP contribution in [0.3, 0.4) is 0 Å². The lowest BCUT2D eigenvalue weighted by Crippen LogP contribution is -2.28. The molecule has 0 saturated heterocycles. The van der Waals surface area contributed by atoms with E-state index in [0.29, 0.717) is 17.5 Å². The molecule has 0 unspecified atom stereocenters. The summed E-state index contributed by atoms with van der Waals surface area (Å²) < 4.78 is 44.1. The number of anilines is 1. The first kappa shape index (κ1) is 19.9. The Morgan fingerprint density at radius 2 is 1.83 bits per heavy atom. The van der Waals surface area contributed by atoms with Crippen LogP contribution < -0.4 is 11.0 Å². The van der Waals surface area contributed by atoms with Crippen molar-refractivity contribution >= 4 is 28.1 Å². The molecular formula is C18H12F3N3O5. The van der Waals surface area contributed by atoms with Gasteiger partial charge in [0.1, 0.15) is 5.69 Å². The van der Waals surface area contributed by atoms with E-state index >= 15 is 0 Å². The molecule has 2 aromatic carbocycles. The number of alkyl halides is 3. The number of carbonyl (C=O) groups excluding carboxylic acids is 1. The Balaban J connectivity index is 2.18. The van der Waals surface area contributed by atoms with Gasteiger partial charge >= 0.3 is 12.1 Å². The van der Waals surface area contributed by atoms with E-state index < -0.39 is 33.9 Å². The summed E-state index contributed by atoms with van der Waals surface area (Å²) in [6, 6.07) is 7.94. The number of methoxy groups -OCH3 is 1. The van der Waals surface area contributed by atoms with E-state index in [1.165, 1.54) is 12.1 Å². The van der Waals surface area contributed by atoms with Crippen LogP contribution in [0.5, 0.6) is 0 Å². The molecule has 0 fully saturated rings. The van der Waals surface area contributed by atoms with E-state index in [-0.39, 0.29) is 16.6 Å². The molecular weight excluding hydrogens is 395 g/mol. The van der Waals surface area contributed by atoms with Crippen LogP contribution in [-0.2, 0) is 10.9 Å². The van der Waals surface area contributed by atoms with Gasteiger partial charge in [-0.25, -0.2) is 9.47 Å². The van der Waals surface area contributed by atoms with Gasteiger partial charge in [-0.1, -0.05) is 18.2 Å². The molecule has 0 aliphatic carbocycles. The number of hydrogen-bond donors (Lipinski definition) is 1. The summed E-state index contributed by atoms with van der Waals surface area (Å²) in [5.41, 5.74) is -0.740. The van der Waals surface area contributed by atoms with Crippen molar-refractivity contribution in [3.05, 3.63) is 80.3 Å². The standard InChI is InChI=1S/C18H12F3N3O5/c1-29-17(26)13-9-23(16(25)12-5-3-2-4-11(12)13)22-14-7-6-10(18(19,20)21)8-15(14)24(27)28/h2-9,22H,1H3. The number of pyridine rings is 1. The van der Waals surface area contributed by atoms with E-state index in [0.717, 1.165) is 24.0 Å². The molecule has 0 saturated carbocycles. The minimum absolute atomic E-state index is 0.00948. The van der Waals surface area contributed by atoms with Crippen LogP contribution in [0, 0.1) is 10.1 Å². The fourth-order valence-corrected chi connectivity index (χ4v) is 2.73. The Bertz CT molecular complexity index is 1190. The lowest BCUT2D eigenvalue weighted by molar-refractivity contribution is -0.384. The van der Waals surface area contributed by atoms with Gasteiger partial charge in [-0.15, -0.1) is 0 Å². The van der Waals surface area contributed by atoms with Crippen LogP contribution in [0.1, 0.15) is 15.9 Å². The molecule has 0 amide bonds. The summed E-state index contributed by atoms with van der Waals surface area (Å²) >= 11 is 0. The summed E-state index contributed by atoms with van der Waals surface area (Å²) in [7, 11) is 1.14. The average Bonchev–Trinajstić information content (AvgIpc) is 2.68. The third-order valence-electron chi connectivity index (χ3n) is 4.09. The number of fused-ring (bicyclic) bond motifs is 1. The Labute approximate surface area is 160 Å². The molecule has 0 aliphatic heterocycles. The zero-order chi connectivity index (χ0) is 21.3. The normalized spacial score (nSPS) is 11.3. The van der Waals surface area contributed by atoms with Crippen LogP contribution in [0.15, 0.2) is 53.5 Å². The van der Waals surface area contributed by atoms with Crippen molar-refractivity contribution in [3.63, 3.8) is 0 Å². The Kier molecular flexibility index (Phi) is 4.97. The second-order valence-corrected chi connectivity index (χ2v) is 5.85. The minimum Gasteiger partial charge on any atom is -0.465 e. The second-order valence-electron chi connectivity index (χ2n) is 5.85. The van der Waals surface area contributed by atoms with E-state index in [1.54, 1.807) is 12.1 Å². The molecule has 3 aromatic rings. The van der Waals surface area contributed by atoms with Gasteiger partial charge in [0, 0.05) is 23.0 Å². The Morgan fingerprint density at radius 3 is 2.41 bits per heavy atom. The van der Waals surface area contributed by atoms with E-state index in [1.807, 2.05) is 0 Å². The number of nitrogens with one attached hydrogen (secondary N) is 1. The molecule has 1 aromatic heterocycles. The van der Waals surface area contributed by atoms with Crippen molar-refractivity contribution in [2.45, 2.75) is 6.18 Å². The monoisotopic (exact) mass is 407 g/mol. The van der Waals surface area contributed by atoms with Crippen LogP contribution >= 0.6 is 0 Å². The quantitative estimate of drug-likeness (QED) is 0.403. The molecule has 11 heteroatoms. The molecule has 0 aliphatic rings. The van der Waals surface area contributed by atoms with Gasteiger partial charge in [-0.05, 0) is 18.2 Å². The average molecular weight is 407 g/mol. The molecule has 1 heterocycles. The highest BCUT2D eigenvalue weighted by Gasteiger charge is 2.33. The van der Waals surface area contributed by atoms with Crippen molar-refractivity contribution in [3.8, 4) is 0 Å². The van der Waals surface area contributed by atoms with Crippen molar-refractivity contribution in [2.24, 2.45) is 0 Å². The lowest BCUT2D eigenvalue weighted by atomic mass is 10.1. The number of rotatable bonds is 4. The molecule has 0 radical (unpaired) electrons. The molecule has 0 spiro atoms. The van der Waals surface area contributed by atoms with Crippen molar-refractivity contribution in [2.75, 3.05) is 12.5 Å². The fourth-order valence-electron chi connectivity index (χ4n) is 2.73. The first-order valence-electron chi connectivity index (χ1n) is 7.99. The summed E-state index contributed by atoms with van der Waals surface area (Å²) in [6.45, 7) is 0. The number of nitrogens with zero attached hydrogens (tertiary/aromatic N) is 2. The molecule has 3 rings (SSSR count). The number of aromatic nitrogens is 1. The van der Waals surface area contributed by atoms with Crippen LogP contribution in [0.25, 0.3) is 10.8 Å². The second kappa shape index (κ2) is 7.26. The van der Waals surface area contributed by atoms with Gasteiger partial charge in [0.05, 0.1) is 23.2 Å². The topological polar surface area (TPSA) is 103 Å². The number of halogens is 3. The molecule has 8 nitrogen and oxygen atoms in total. The maximum absolute atomic E-state index is 12.9. The van der Waals surface area contributed by atoms with Gasteiger partial charge in [0.25, 0.3) is 11.2 Å².